The summed E-state index contributed by atoms with van der Waals surface area (Å²) in [5.74, 6) is 0.752. The second kappa shape index (κ2) is 7.98. The zero-order valence-corrected chi connectivity index (χ0v) is 11.8. The Hall–Kier alpha value is -2.22. The average molecular weight is 255 g/mol. The van der Waals surface area contributed by atoms with Gasteiger partial charge in [-0.05, 0) is 31.6 Å². The van der Waals surface area contributed by atoms with Crippen LogP contribution in [0.2, 0.25) is 0 Å². The van der Waals surface area contributed by atoms with Gasteiger partial charge in [0.05, 0.1) is 7.11 Å². The first-order chi connectivity index (χ1) is 9.22. The van der Waals surface area contributed by atoms with Crippen molar-refractivity contribution in [2.24, 2.45) is 0 Å². The highest BCUT2D eigenvalue weighted by molar-refractivity contribution is 5.77. The Bertz CT molecular complexity index is 495. The van der Waals surface area contributed by atoms with Crippen LogP contribution < -0.4 is 5.32 Å². The molecule has 1 rings (SSSR count). The summed E-state index contributed by atoms with van der Waals surface area (Å²) in [5.41, 5.74) is 3.19. The Labute approximate surface area is 115 Å². The van der Waals surface area contributed by atoms with Crippen molar-refractivity contribution < 1.29 is 4.74 Å². The topological polar surface area (TPSA) is 21.3 Å². The quantitative estimate of drug-likeness (QED) is 0.606. The SMILES string of the molecule is C=C/C(OC)=C(\C=C\N/C(C)=C/C)c1ccccc1. The third-order valence-electron chi connectivity index (χ3n) is 2.75. The van der Waals surface area contributed by atoms with Gasteiger partial charge in [0.2, 0.25) is 0 Å². The summed E-state index contributed by atoms with van der Waals surface area (Å²) in [6, 6.07) is 10.1. The summed E-state index contributed by atoms with van der Waals surface area (Å²) in [6.45, 7) is 7.80. The molecule has 1 N–H and O–H groups in total. The molecule has 0 amide bonds. The normalized spacial score (nSPS) is 13.1. The summed E-state index contributed by atoms with van der Waals surface area (Å²) >= 11 is 0. The Morgan fingerprint density at radius 3 is 2.47 bits per heavy atom. The van der Waals surface area contributed by atoms with E-state index < -0.39 is 0 Å². The maximum absolute atomic E-state index is 5.37. The Balaban J connectivity index is 3.08. The predicted molar refractivity (Wildman–Crippen MR) is 82.3 cm³/mol. The van der Waals surface area contributed by atoms with Gasteiger partial charge in [-0.15, -0.1) is 0 Å². The van der Waals surface area contributed by atoms with Crippen molar-refractivity contribution in [2.75, 3.05) is 7.11 Å². The van der Waals surface area contributed by atoms with E-state index in [9.17, 15) is 0 Å². The van der Waals surface area contributed by atoms with Crippen LogP contribution in [0, 0.1) is 0 Å². The zero-order valence-electron chi connectivity index (χ0n) is 11.8. The van der Waals surface area contributed by atoms with Crippen LogP contribution in [0.25, 0.3) is 5.57 Å². The Morgan fingerprint density at radius 2 is 1.95 bits per heavy atom. The van der Waals surface area contributed by atoms with Crippen LogP contribution >= 0.6 is 0 Å². The number of ether oxygens (including phenoxy) is 1. The number of nitrogens with one attached hydrogen (secondary N) is 1. The van der Waals surface area contributed by atoms with Crippen molar-refractivity contribution in [3.63, 3.8) is 0 Å². The van der Waals surface area contributed by atoms with Crippen molar-refractivity contribution in [3.05, 3.63) is 78.4 Å². The molecule has 0 heterocycles. The van der Waals surface area contributed by atoms with Gasteiger partial charge in [0.25, 0.3) is 0 Å². The van der Waals surface area contributed by atoms with E-state index in [0.29, 0.717) is 0 Å². The van der Waals surface area contributed by atoms with Gasteiger partial charge in [-0.2, -0.15) is 0 Å². The molecule has 2 heteroatoms. The average Bonchev–Trinajstić information content (AvgIpc) is 2.47. The van der Waals surface area contributed by atoms with Crippen LogP contribution in [0.3, 0.4) is 0 Å². The van der Waals surface area contributed by atoms with Gasteiger partial charge >= 0.3 is 0 Å². The smallest absolute Gasteiger partial charge is 0.126 e. The molecule has 0 spiro atoms. The third-order valence-corrected chi connectivity index (χ3v) is 2.75. The van der Waals surface area contributed by atoms with Gasteiger partial charge in [-0.1, -0.05) is 43.0 Å². The summed E-state index contributed by atoms with van der Waals surface area (Å²) in [6.07, 6.45) is 7.62. The van der Waals surface area contributed by atoms with Gasteiger partial charge in [0.15, 0.2) is 0 Å². The summed E-state index contributed by atoms with van der Waals surface area (Å²) in [4.78, 5) is 0. The van der Waals surface area contributed by atoms with E-state index in [1.165, 1.54) is 0 Å². The molecule has 100 valence electrons. The van der Waals surface area contributed by atoms with Crippen LogP contribution in [-0.4, -0.2) is 7.11 Å². The van der Waals surface area contributed by atoms with Gasteiger partial charge in [0, 0.05) is 17.5 Å². The fraction of sp³-hybridized carbons (Fsp3) is 0.176. The second-order valence-electron chi connectivity index (χ2n) is 4.00. The van der Waals surface area contributed by atoms with E-state index in [1.54, 1.807) is 13.2 Å². The minimum absolute atomic E-state index is 0.752. The van der Waals surface area contributed by atoms with E-state index >= 15 is 0 Å². The summed E-state index contributed by atoms with van der Waals surface area (Å²) in [7, 11) is 1.65. The van der Waals surface area contributed by atoms with Crippen molar-refractivity contribution in [1.29, 1.82) is 0 Å². The number of hydrogen-bond acceptors (Lipinski definition) is 2. The molecule has 0 aromatic heterocycles. The minimum atomic E-state index is 0.752. The lowest BCUT2D eigenvalue weighted by Gasteiger charge is -2.09. The van der Waals surface area contributed by atoms with E-state index in [4.69, 9.17) is 4.74 Å². The number of methoxy groups -OCH3 is 1. The van der Waals surface area contributed by atoms with Crippen LogP contribution in [-0.2, 0) is 4.74 Å². The zero-order chi connectivity index (χ0) is 14.1. The van der Waals surface area contributed by atoms with Gasteiger partial charge in [0.1, 0.15) is 5.76 Å². The lowest BCUT2D eigenvalue weighted by molar-refractivity contribution is 0.309. The molecule has 0 saturated heterocycles. The molecule has 0 fully saturated rings. The van der Waals surface area contributed by atoms with Gasteiger partial charge < -0.3 is 10.1 Å². The van der Waals surface area contributed by atoms with Crippen molar-refractivity contribution in [3.8, 4) is 0 Å². The third kappa shape index (κ3) is 4.51. The Morgan fingerprint density at radius 1 is 1.26 bits per heavy atom. The first-order valence-corrected chi connectivity index (χ1v) is 6.25. The molecular formula is C17H21NO. The number of rotatable bonds is 6. The maximum atomic E-state index is 5.37. The van der Waals surface area contributed by atoms with E-state index in [0.717, 1.165) is 22.6 Å². The van der Waals surface area contributed by atoms with Crippen molar-refractivity contribution >= 4 is 5.57 Å². The first-order valence-electron chi connectivity index (χ1n) is 6.25. The fourth-order valence-corrected chi connectivity index (χ4v) is 1.58. The van der Waals surface area contributed by atoms with Gasteiger partial charge in [-0.25, -0.2) is 0 Å². The fourth-order valence-electron chi connectivity index (χ4n) is 1.58. The van der Waals surface area contributed by atoms with Crippen LogP contribution in [0.4, 0.5) is 0 Å². The molecule has 19 heavy (non-hydrogen) atoms. The number of allylic oxidation sites excluding steroid dienone is 5. The molecule has 2 nitrogen and oxygen atoms in total. The Kier molecular flexibility index (Phi) is 6.23. The molecule has 1 aromatic carbocycles. The van der Waals surface area contributed by atoms with Crippen LogP contribution in [0.5, 0.6) is 0 Å². The lowest BCUT2D eigenvalue weighted by Crippen LogP contribution is -2.00. The number of hydrogen-bond donors (Lipinski definition) is 1. The van der Waals surface area contributed by atoms with Crippen LogP contribution in [0.15, 0.2) is 72.8 Å². The first kappa shape index (κ1) is 14.8. The largest absolute Gasteiger partial charge is 0.496 e. The molecule has 0 atom stereocenters. The molecule has 0 unspecified atom stereocenters. The molecule has 0 saturated carbocycles. The standard InChI is InChI=1S/C17H21NO/c1-5-14(3)18-13-12-16(17(6-2)19-4)15-10-8-7-9-11-15/h5-13,18H,2H2,1,3-4H3/b13-12+,14-5+,17-16-. The van der Waals surface area contributed by atoms with Gasteiger partial charge in [-0.3, -0.25) is 0 Å². The highest BCUT2D eigenvalue weighted by Crippen LogP contribution is 2.21. The highest BCUT2D eigenvalue weighted by Gasteiger charge is 2.03. The van der Waals surface area contributed by atoms with Crippen molar-refractivity contribution in [1.82, 2.24) is 5.32 Å². The number of benzene rings is 1. The summed E-state index contributed by atoms with van der Waals surface area (Å²) < 4.78 is 5.37. The molecule has 0 aliphatic heterocycles. The van der Waals surface area contributed by atoms with E-state index in [2.05, 4.69) is 11.9 Å². The molecular weight excluding hydrogens is 234 g/mol. The van der Waals surface area contributed by atoms with E-state index in [1.807, 2.05) is 62.5 Å². The highest BCUT2D eigenvalue weighted by atomic mass is 16.5. The van der Waals surface area contributed by atoms with Crippen molar-refractivity contribution in [2.45, 2.75) is 13.8 Å². The minimum Gasteiger partial charge on any atom is -0.496 e. The molecule has 1 aromatic rings. The predicted octanol–water partition coefficient (Wildman–Crippen LogP) is 4.26. The molecule has 0 aliphatic carbocycles. The maximum Gasteiger partial charge on any atom is 0.126 e. The van der Waals surface area contributed by atoms with E-state index in [-0.39, 0.29) is 0 Å². The van der Waals surface area contributed by atoms with Crippen LogP contribution in [0.1, 0.15) is 19.4 Å². The summed E-state index contributed by atoms with van der Waals surface area (Å²) in [5, 5.41) is 3.19. The molecule has 0 aliphatic rings. The molecule has 0 bridgehead atoms. The molecule has 0 radical (unpaired) electrons. The monoisotopic (exact) mass is 255 g/mol. The second-order valence-corrected chi connectivity index (χ2v) is 4.00. The lowest BCUT2D eigenvalue weighted by atomic mass is 10.0.